The summed E-state index contributed by atoms with van der Waals surface area (Å²) in [5.74, 6) is 2.63. The molecule has 3 heteroatoms. The van der Waals surface area contributed by atoms with E-state index in [2.05, 4.69) is 44.2 Å². The minimum atomic E-state index is 0.0326. The molecule has 2 heterocycles. The molecule has 2 aliphatic carbocycles. The van der Waals surface area contributed by atoms with Gasteiger partial charge in [-0.3, -0.25) is 0 Å². The third-order valence-corrected chi connectivity index (χ3v) is 9.03. The van der Waals surface area contributed by atoms with E-state index >= 15 is 0 Å². The van der Waals surface area contributed by atoms with Crippen LogP contribution in [0.15, 0.2) is 30.3 Å². The molecule has 3 nitrogen and oxygen atoms in total. The molecule has 5 rings (SSSR count). The van der Waals surface area contributed by atoms with Gasteiger partial charge >= 0.3 is 0 Å². The smallest absolute Gasteiger partial charge is 0.158 e. The quantitative estimate of drug-likeness (QED) is 0.598. The van der Waals surface area contributed by atoms with Crippen LogP contribution in [-0.2, 0) is 16.0 Å². The number of likely N-dealkylation sites (tertiary alicyclic amines) is 1. The van der Waals surface area contributed by atoms with Gasteiger partial charge in [0.05, 0.1) is 19.7 Å². The second-order valence-corrected chi connectivity index (χ2v) is 11.1. The van der Waals surface area contributed by atoms with Crippen LogP contribution in [-0.4, -0.2) is 43.1 Å². The van der Waals surface area contributed by atoms with Crippen molar-refractivity contribution < 1.29 is 14.0 Å². The number of hydrogen-bond acceptors (Lipinski definition) is 2. The van der Waals surface area contributed by atoms with Crippen LogP contribution in [0.1, 0.15) is 64.4 Å². The molecule has 1 aromatic rings. The summed E-state index contributed by atoms with van der Waals surface area (Å²) in [7, 11) is 0. The number of ether oxygens (including phenoxy) is 2. The van der Waals surface area contributed by atoms with Crippen LogP contribution in [0, 0.1) is 23.2 Å². The fraction of sp³-hybridized carbons (Fsp3) is 0.769. The molecular weight excluding hydrogens is 358 g/mol. The van der Waals surface area contributed by atoms with Gasteiger partial charge in [0.15, 0.2) is 6.29 Å². The van der Waals surface area contributed by atoms with E-state index in [0.717, 1.165) is 43.9 Å². The highest BCUT2D eigenvalue weighted by Crippen LogP contribution is 2.60. The van der Waals surface area contributed by atoms with Gasteiger partial charge in [0.1, 0.15) is 19.2 Å². The van der Waals surface area contributed by atoms with Gasteiger partial charge in [0.2, 0.25) is 0 Å². The first kappa shape index (κ1) is 20.0. The molecular formula is C26H40NO2+. The molecule has 2 saturated carbocycles. The zero-order valence-electron chi connectivity index (χ0n) is 18.5. The summed E-state index contributed by atoms with van der Waals surface area (Å²) >= 11 is 0. The van der Waals surface area contributed by atoms with Gasteiger partial charge in [0.25, 0.3) is 0 Å². The lowest BCUT2D eigenvalue weighted by atomic mass is 9.67. The monoisotopic (exact) mass is 398 g/mol. The lowest BCUT2D eigenvalue weighted by Gasteiger charge is -2.43. The Balaban J connectivity index is 1.21. The first-order valence-electron chi connectivity index (χ1n) is 12.2. The van der Waals surface area contributed by atoms with Crippen molar-refractivity contribution in [3.05, 3.63) is 35.9 Å². The van der Waals surface area contributed by atoms with Crippen molar-refractivity contribution in [2.75, 3.05) is 26.2 Å². The van der Waals surface area contributed by atoms with Crippen molar-refractivity contribution in [2.24, 2.45) is 23.2 Å². The highest BCUT2D eigenvalue weighted by molar-refractivity contribution is 5.13. The van der Waals surface area contributed by atoms with E-state index in [9.17, 15) is 0 Å². The van der Waals surface area contributed by atoms with Gasteiger partial charge in [-0.2, -0.15) is 0 Å². The van der Waals surface area contributed by atoms with Crippen LogP contribution in [0.3, 0.4) is 0 Å². The van der Waals surface area contributed by atoms with Gasteiger partial charge < -0.3 is 14.0 Å². The van der Waals surface area contributed by atoms with Crippen LogP contribution in [0.5, 0.6) is 0 Å². The first-order valence-corrected chi connectivity index (χ1v) is 12.2. The number of piperidine rings is 1. The standard InChI is InChI=1S/C26H40NO2/c1-26(2)22-12-11-21(15-22)24(26)16-25-28-19-23(29-25)18-27(13-7-4-8-14-27)17-20-9-5-3-6-10-20/h3,5-6,9-10,21-25H,4,7-8,11-19H2,1-2H3/q+1/t21-,22-,23-,24-,25-/m0/s1. The van der Waals surface area contributed by atoms with E-state index < -0.39 is 0 Å². The number of quaternary nitrogens is 1. The molecule has 0 radical (unpaired) electrons. The molecule has 4 aliphatic rings. The van der Waals surface area contributed by atoms with Crippen molar-refractivity contribution in [3.63, 3.8) is 0 Å². The summed E-state index contributed by atoms with van der Waals surface area (Å²) < 4.78 is 14.0. The lowest BCUT2D eigenvalue weighted by molar-refractivity contribution is -0.947. The molecule has 1 aromatic carbocycles. The predicted molar refractivity (Wildman–Crippen MR) is 116 cm³/mol. The molecule has 0 spiro atoms. The Morgan fingerprint density at radius 3 is 2.55 bits per heavy atom. The van der Waals surface area contributed by atoms with E-state index in [1.807, 2.05) is 0 Å². The minimum absolute atomic E-state index is 0.0326. The SMILES string of the molecule is CC1(C)[C@H]2CC[C@@H](C2)[C@@H]1C[C@H]1OC[C@H](C[N+]2(Cc3ccccc3)CCCCC2)O1. The average Bonchev–Trinajstić information content (AvgIpc) is 3.41. The van der Waals surface area contributed by atoms with Gasteiger partial charge in [-0.1, -0.05) is 44.2 Å². The Bertz CT molecular complexity index is 681. The number of nitrogens with zero attached hydrogens (tertiary/aromatic N) is 1. The van der Waals surface area contributed by atoms with Crippen LogP contribution in [0.2, 0.25) is 0 Å². The number of hydrogen-bond donors (Lipinski definition) is 0. The maximum Gasteiger partial charge on any atom is 0.158 e. The van der Waals surface area contributed by atoms with Crippen molar-refractivity contribution in [3.8, 4) is 0 Å². The van der Waals surface area contributed by atoms with Gasteiger partial charge in [-0.25, -0.2) is 0 Å². The molecule has 0 amide bonds. The van der Waals surface area contributed by atoms with Crippen molar-refractivity contribution in [2.45, 2.75) is 77.7 Å². The summed E-state index contributed by atoms with van der Waals surface area (Å²) in [6.45, 7) is 10.6. The van der Waals surface area contributed by atoms with Gasteiger partial charge in [-0.15, -0.1) is 0 Å². The van der Waals surface area contributed by atoms with Crippen molar-refractivity contribution in [1.82, 2.24) is 0 Å². The molecule has 2 saturated heterocycles. The van der Waals surface area contributed by atoms with Gasteiger partial charge in [-0.05, 0) is 61.7 Å². The molecule has 2 aliphatic heterocycles. The molecule has 29 heavy (non-hydrogen) atoms. The predicted octanol–water partition coefficient (Wildman–Crippen LogP) is 5.39. The Morgan fingerprint density at radius 2 is 1.83 bits per heavy atom. The van der Waals surface area contributed by atoms with Crippen LogP contribution in [0.4, 0.5) is 0 Å². The number of fused-ring (bicyclic) bond motifs is 2. The summed E-state index contributed by atoms with van der Waals surface area (Å²) in [5.41, 5.74) is 1.94. The fourth-order valence-electron chi connectivity index (χ4n) is 7.39. The zero-order chi connectivity index (χ0) is 19.9. The van der Waals surface area contributed by atoms with E-state index in [0.29, 0.717) is 5.41 Å². The Morgan fingerprint density at radius 1 is 1.03 bits per heavy atom. The Labute approximate surface area is 177 Å². The second-order valence-electron chi connectivity index (χ2n) is 11.1. The normalized spacial score (nSPS) is 37.8. The molecule has 5 atom stereocenters. The molecule has 0 aromatic heterocycles. The fourth-order valence-corrected chi connectivity index (χ4v) is 7.39. The minimum Gasteiger partial charge on any atom is -0.350 e. The van der Waals surface area contributed by atoms with E-state index in [1.54, 1.807) is 0 Å². The Kier molecular flexibility index (Phi) is 5.51. The number of rotatable bonds is 6. The Hall–Kier alpha value is -0.900. The largest absolute Gasteiger partial charge is 0.350 e. The maximum absolute atomic E-state index is 6.55. The van der Waals surface area contributed by atoms with Gasteiger partial charge in [0, 0.05) is 12.0 Å². The highest BCUT2D eigenvalue weighted by atomic mass is 16.7. The summed E-state index contributed by atoms with van der Waals surface area (Å²) in [4.78, 5) is 0. The molecule has 2 bridgehead atoms. The van der Waals surface area contributed by atoms with Crippen LogP contribution in [0.25, 0.3) is 0 Å². The molecule has 0 N–H and O–H groups in total. The van der Waals surface area contributed by atoms with E-state index in [-0.39, 0.29) is 12.4 Å². The molecule has 160 valence electrons. The first-order chi connectivity index (χ1) is 14.0. The van der Waals surface area contributed by atoms with Crippen molar-refractivity contribution in [1.29, 1.82) is 0 Å². The molecule has 0 unspecified atom stereocenters. The van der Waals surface area contributed by atoms with E-state index in [4.69, 9.17) is 9.47 Å². The van der Waals surface area contributed by atoms with Crippen LogP contribution >= 0.6 is 0 Å². The third-order valence-electron chi connectivity index (χ3n) is 9.03. The summed E-state index contributed by atoms with van der Waals surface area (Å²) in [5, 5.41) is 0. The van der Waals surface area contributed by atoms with E-state index in [1.165, 1.54) is 61.7 Å². The topological polar surface area (TPSA) is 18.5 Å². The number of benzene rings is 1. The highest BCUT2D eigenvalue weighted by Gasteiger charge is 2.53. The second kappa shape index (κ2) is 7.98. The van der Waals surface area contributed by atoms with Crippen LogP contribution < -0.4 is 0 Å². The summed E-state index contributed by atoms with van der Waals surface area (Å²) in [6, 6.07) is 11.1. The average molecular weight is 399 g/mol. The maximum atomic E-state index is 6.55. The third kappa shape index (κ3) is 4.03. The molecule has 4 fully saturated rings. The lowest BCUT2D eigenvalue weighted by Crippen LogP contribution is -2.54. The zero-order valence-corrected chi connectivity index (χ0v) is 18.5. The van der Waals surface area contributed by atoms with Crippen molar-refractivity contribution >= 4 is 0 Å². The summed E-state index contributed by atoms with van der Waals surface area (Å²) in [6.07, 6.45) is 9.84.